The van der Waals surface area contributed by atoms with Gasteiger partial charge in [0.05, 0.1) is 16.1 Å². The monoisotopic (exact) mass is 440 g/mol. The van der Waals surface area contributed by atoms with Gasteiger partial charge < -0.3 is 10.1 Å². The van der Waals surface area contributed by atoms with Crippen LogP contribution in [0.3, 0.4) is 0 Å². The third kappa shape index (κ3) is 3.94. The molecule has 1 aliphatic carbocycles. The fourth-order valence-corrected chi connectivity index (χ4v) is 4.23. The number of hydrogen-bond acceptors (Lipinski definition) is 5. The van der Waals surface area contributed by atoms with Crippen LogP contribution in [-0.2, 0) is 4.74 Å². The summed E-state index contributed by atoms with van der Waals surface area (Å²) in [6.07, 6.45) is 2.95. The van der Waals surface area contributed by atoms with E-state index < -0.39 is 11.0 Å². The minimum absolute atomic E-state index is 0.00434. The van der Waals surface area contributed by atoms with Crippen molar-refractivity contribution in [2.24, 2.45) is 0 Å². The maximum Gasteiger partial charge on any atom is 0.407 e. The quantitative estimate of drug-likeness (QED) is 0.323. The summed E-state index contributed by atoms with van der Waals surface area (Å²) >= 11 is 0. The van der Waals surface area contributed by atoms with Gasteiger partial charge in [-0.2, -0.15) is 5.10 Å². The lowest BCUT2D eigenvalue weighted by atomic mass is 9.98. The van der Waals surface area contributed by atoms with Crippen LogP contribution in [-0.4, -0.2) is 34.4 Å². The summed E-state index contributed by atoms with van der Waals surface area (Å²) in [5.74, 6) is 0.00541. The van der Waals surface area contributed by atoms with E-state index in [1.54, 1.807) is 18.2 Å². The lowest BCUT2D eigenvalue weighted by Crippen LogP contribution is -2.26. The summed E-state index contributed by atoms with van der Waals surface area (Å²) < 4.78 is 5.51. The van der Waals surface area contributed by atoms with Gasteiger partial charge in [-0.25, -0.2) is 4.79 Å². The summed E-state index contributed by atoms with van der Waals surface area (Å²) in [5.41, 5.74) is 5.93. The molecule has 1 heterocycles. The van der Waals surface area contributed by atoms with Gasteiger partial charge in [-0.3, -0.25) is 15.2 Å². The largest absolute Gasteiger partial charge is 0.449 e. The summed E-state index contributed by atoms with van der Waals surface area (Å²) in [6.45, 7) is 0.491. The number of ether oxygens (including phenoxy) is 1. The Labute approximate surface area is 189 Å². The number of nitro groups is 1. The first-order valence-corrected chi connectivity index (χ1v) is 10.5. The Hall–Kier alpha value is -4.46. The van der Waals surface area contributed by atoms with Crippen molar-refractivity contribution in [3.63, 3.8) is 0 Å². The highest BCUT2D eigenvalue weighted by atomic mass is 16.6. The van der Waals surface area contributed by atoms with Crippen molar-refractivity contribution in [1.82, 2.24) is 15.5 Å². The lowest BCUT2D eigenvalue weighted by molar-refractivity contribution is -0.384. The van der Waals surface area contributed by atoms with Gasteiger partial charge >= 0.3 is 6.09 Å². The maximum atomic E-state index is 12.3. The number of nitro benzene ring substituents is 1. The Kier molecular flexibility index (Phi) is 5.32. The Morgan fingerprint density at radius 1 is 1.09 bits per heavy atom. The standard InChI is InChI=1S/C25H20N4O4/c30-25(26-13-5-10-23-21-14-16(29(31)32)11-12-24(21)28-27-23)33-15-22-19-8-3-1-6-17(19)18-7-2-4-9-20(18)22/h1-12,14,22H,13,15H2,(H,26,30)(H,27,28). The molecular weight excluding hydrogens is 420 g/mol. The molecule has 33 heavy (non-hydrogen) atoms. The number of fused-ring (bicyclic) bond motifs is 4. The Morgan fingerprint density at radius 2 is 1.79 bits per heavy atom. The molecule has 0 saturated heterocycles. The molecule has 0 atom stereocenters. The Bertz CT molecular complexity index is 1350. The number of amides is 1. The van der Waals surface area contributed by atoms with Crippen molar-refractivity contribution < 1.29 is 14.5 Å². The number of carbonyl (C=O) groups is 1. The number of aromatic nitrogens is 2. The third-order valence-electron chi connectivity index (χ3n) is 5.77. The summed E-state index contributed by atoms with van der Waals surface area (Å²) in [7, 11) is 0. The Balaban J connectivity index is 1.19. The van der Waals surface area contributed by atoms with Crippen LogP contribution in [0.4, 0.5) is 10.5 Å². The summed E-state index contributed by atoms with van der Waals surface area (Å²) in [6, 6.07) is 20.8. The first-order chi connectivity index (χ1) is 16.1. The fourth-order valence-electron chi connectivity index (χ4n) is 4.23. The number of rotatable bonds is 6. The number of nitrogens with zero attached hydrogens (tertiary/aromatic N) is 2. The van der Waals surface area contributed by atoms with E-state index in [1.165, 1.54) is 23.3 Å². The van der Waals surface area contributed by atoms with Crippen molar-refractivity contribution in [3.05, 3.63) is 99.7 Å². The second-order valence-electron chi connectivity index (χ2n) is 7.70. The first-order valence-electron chi connectivity index (χ1n) is 10.5. The van der Waals surface area contributed by atoms with Gasteiger partial charge in [0.15, 0.2) is 0 Å². The highest BCUT2D eigenvalue weighted by molar-refractivity contribution is 5.88. The number of H-pyrrole nitrogens is 1. The van der Waals surface area contributed by atoms with Gasteiger partial charge in [0.25, 0.3) is 5.69 Å². The number of hydrogen-bond donors (Lipinski definition) is 2. The van der Waals surface area contributed by atoms with Crippen molar-refractivity contribution in [3.8, 4) is 11.1 Å². The molecule has 1 aromatic heterocycles. The molecule has 0 bridgehead atoms. The van der Waals surface area contributed by atoms with Crippen LogP contribution in [0.15, 0.2) is 72.8 Å². The van der Waals surface area contributed by atoms with E-state index in [4.69, 9.17) is 4.74 Å². The molecule has 2 N–H and O–H groups in total. The van der Waals surface area contributed by atoms with Crippen LogP contribution < -0.4 is 5.32 Å². The van der Waals surface area contributed by atoms with Crippen LogP contribution in [0.5, 0.6) is 0 Å². The predicted octanol–water partition coefficient (Wildman–Crippen LogP) is 5.02. The molecule has 8 heteroatoms. The van der Waals surface area contributed by atoms with Gasteiger partial charge in [0, 0.05) is 30.0 Å². The lowest BCUT2D eigenvalue weighted by Gasteiger charge is -2.14. The molecule has 1 amide bonds. The zero-order chi connectivity index (χ0) is 22.8. The Morgan fingerprint density at radius 3 is 2.48 bits per heavy atom. The second kappa shape index (κ2) is 8.58. The van der Waals surface area contributed by atoms with Crippen LogP contribution in [0, 0.1) is 10.1 Å². The number of carbonyl (C=O) groups excluding carboxylic acids is 1. The zero-order valence-corrected chi connectivity index (χ0v) is 17.5. The molecule has 0 fully saturated rings. The van der Waals surface area contributed by atoms with Gasteiger partial charge in [-0.15, -0.1) is 0 Å². The first kappa shape index (κ1) is 20.4. The van der Waals surface area contributed by atoms with Gasteiger partial charge in [-0.1, -0.05) is 54.6 Å². The number of alkyl carbamates (subject to hydrolysis) is 1. The average Bonchev–Trinajstić information content (AvgIpc) is 3.39. The molecule has 1 aliphatic rings. The van der Waals surface area contributed by atoms with Crippen LogP contribution in [0.1, 0.15) is 22.7 Å². The molecule has 0 radical (unpaired) electrons. The molecular formula is C25H20N4O4. The SMILES string of the molecule is O=C(NCC=Cc1[nH]nc2ccc([N+](=O)[O-])cc12)OCC1c2ccccc2-c2ccccc21. The fraction of sp³-hybridized carbons (Fsp3) is 0.120. The number of benzene rings is 3. The second-order valence-corrected chi connectivity index (χ2v) is 7.70. The van der Waals surface area contributed by atoms with E-state index in [-0.39, 0.29) is 24.8 Å². The maximum absolute atomic E-state index is 12.3. The minimum atomic E-state index is -0.508. The van der Waals surface area contributed by atoms with Crippen LogP contribution in [0.25, 0.3) is 28.1 Å². The highest BCUT2D eigenvalue weighted by Crippen LogP contribution is 2.44. The minimum Gasteiger partial charge on any atom is -0.449 e. The molecule has 0 saturated carbocycles. The van der Waals surface area contributed by atoms with E-state index in [0.717, 1.165) is 11.1 Å². The topological polar surface area (TPSA) is 110 Å². The van der Waals surface area contributed by atoms with E-state index in [2.05, 4.69) is 39.8 Å². The van der Waals surface area contributed by atoms with Crippen molar-refractivity contribution >= 4 is 28.8 Å². The highest BCUT2D eigenvalue weighted by Gasteiger charge is 2.28. The molecule has 8 nitrogen and oxygen atoms in total. The average molecular weight is 440 g/mol. The smallest absolute Gasteiger partial charge is 0.407 e. The molecule has 0 unspecified atom stereocenters. The molecule has 0 aliphatic heterocycles. The van der Waals surface area contributed by atoms with E-state index in [1.807, 2.05) is 24.3 Å². The van der Waals surface area contributed by atoms with Crippen LogP contribution >= 0.6 is 0 Å². The molecule has 4 aromatic rings. The van der Waals surface area contributed by atoms with Gasteiger partial charge in [0.1, 0.15) is 6.61 Å². The normalized spacial score (nSPS) is 12.6. The van der Waals surface area contributed by atoms with E-state index in [9.17, 15) is 14.9 Å². The van der Waals surface area contributed by atoms with Crippen LogP contribution in [0.2, 0.25) is 0 Å². The molecule has 164 valence electrons. The van der Waals surface area contributed by atoms with Crippen molar-refractivity contribution in [1.29, 1.82) is 0 Å². The zero-order valence-electron chi connectivity index (χ0n) is 17.5. The van der Waals surface area contributed by atoms with Gasteiger partial charge in [0.2, 0.25) is 0 Å². The number of non-ortho nitro benzene ring substituents is 1. The molecule has 3 aromatic carbocycles. The van der Waals surface area contributed by atoms with E-state index >= 15 is 0 Å². The summed E-state index contributed by atoms with van der Waals surface area (Å²) in [4.78, 5) is 22.8. The summed E-state index contributed by atoms with van der Waals surface area (Å²) in [5, 5.41) is 21.3. The molecule has 5 rings (SSSR count). The number of aromatic amines is 1. The molecule has 0 spiro atoms. The number of nitrogens with one attached hydrogen (secondary N) is 2. The van der Waals surface area contributed by atoms with Gasteiger partial charge in [-0.05, 0) is 34.4 Å². The van der Waals surface area contributed by atoms with Crippen molar-refractivity contribution in [2.75, 3.05) is 13.2 Å². The van der Waals surface area contributed by atoms with Crippen molar-refractivity contribution in [2.45, 2.75) is 5.92 Å². The third-order valence-corrected chi connectivity index (χ3v) is 5.77. The van der Waals surface area contributed by atoms with E-state index in [0.29, 0.717) is 16.6 Å². The predicted molar refractivity (Wildman–Crippen MR) is 125 cm³/mol.